The predicted molar refractivity (Wildman–Crippen MR) is 57.5 cm³/mol. The minimum absolute atomic E-state index is 0.309. The second kappa shape index (κ2) is 4.52. The van der Waals surface area contributed by atoms with Crippen molar-refractivity contribution in [2.24, 2.45) is 5.92 Å². The maximum atomic E-state index is 12.9. The van der Waals surface area contributed by atoms with Gasteiger partial charge in [-0.2, -0.15) is 5.26 Å². The van der Waals surface area contributed by atoms with Crippen molar-refractivity contribution in [2.45, 2.75) is 6.54 Å². The summed E-state index contributed by atoms with van der Waals surface area (Å²) in [5.74, 6) is -1.54. The molecular weight excluding hydrogens is 223 g/mol. The van der Waals surface area contributed by atoms with Crippen LogP contribution in [0.3, 0.4) is 0 Å². The van der Waals surface area contributed by atoms with Crippen molar-refractivity contribution < 1.29 is 14.3 Å². The van der Waals surface area contributed by atoms with Gasteiger partial charge in [0, 0.05) is 19.6 Å². The molecule has 4 nitrogen and oxygen atoms in total. The fourth-order valence-electron chi connectivity index (χ4n) is 1.89. The van der Waals surface area contributed by atoms with Crippen LogP contribution < -0.4 is 0 Å². The van der Waals surface area contributed by atoms with Crippen LogP contribution in [0, 0.1) is 23.1 Å². The summed E-state index contributed by atoms with van der Waals surface area (Å²) in [5, 5.41) is 17.6. The van der Waals surface area contributed by atoms with E-state index < -0.39 is 11.8 Å². The van der Waals surface area contributed by atoms with E-state index >= 15 is 0 Å². The molecule has 0 saturated carbocycles. The van der Waals surface area contributed by atoms with Gasteiger partial charge in [0.2, 0.25) is 0 Å². The van der Waals surface area contributed by atoms with Crippen molar-refractivity contribution in [1.29, 1.82) is 5.26 Å². The molecule has 1 heterocycles. The lowest BCUT2D eigenvalue weighted by Gasteiger charge is -2.36. The number of aliphatic carboxylic acids is 1. The van der Waals surface area contributed by atoms with Crippen LogP contribution in [-0.4, -0.2) is 29.1 Å². The highest BCUT2D eigenvalue weighted by molar-refractivity contribution is 5.71. The molecular formula is C12H11FN2O2. The molecule has 0 unspecified atom stereocenters. The second-order valence-corrected chi connectivity index (χ2v) is 4.14. The first-order valence-electron chi connectivity index (χ1n) is 5.24. The Hall–Kier alpha value is -1.93. The van der Waals surface area contributed by atoms with Gasteiger partial charge in [0.1, 0.15) is 5.82 Å². The highest BCUT2D eigenvalue weighted by Gasteiger charge is 2.32. The molecule has 1 fully saturated rings. The summed E-state index contributed by atoms with van der Waals surface area (Å²) < 4.78 is 12.9. The summed E-state index contributed by atoms with van der Waals surface area (Å²) >= 11 is 0. The van der Waals surface area contributed by atoms with Crippen LogP contribution in [0.2, 0.25) is 0 Å². The van der Waals surface area contributed by atoms with Gasteiger partial charge in [0.05, 0.1) is 17.6 Å². The predicted octanol–water partition coefficient (Wildman–Crippen LogP) is 1.21. The lowest BCUT2D eigenvalue weighted by atomic mass is 9.98. The highest BCUT2D eigenvalue weighted by atomic mass is 19.1. The van der Waals surface area contributed by atoms with E-state index in [1.54, 1.807) is 6.07 Å². The zero-order valence-electron chi connectivity index (χ0n) is 9.06. The van der Waals surface area contributed by atoms with E-state index in [-0.39, 0.29) is 5.92 Å². The second-order valence-electron chi connectivity index (χ2n) is 4.14. The highest BCUT2D eigenvalue weighted by Crippen LogP contribution is 2.20. The number of carboxylic acid groups (broad SMARTS) is 1. The normalized spacial score (nSPS) is 16.2. The zero-order chi connectivity index (χ0) is 12.4. The standard InChI is InChI=1S/C12H11FN2O2/c13-11-2-1-8(9(3-11)4-14)5-15-6-10(7-15)12(16)17/h1-3,10H,5-7H2,(H,16,17). The van der Waals surface area contributed by atoms with Crippen LogP contribution >= 0.6 is 0 Å². The van der Waals surface area contributed by atoms with E-state index in [4.69, 9.17) is 10.4 Å². The number of carboxylic acids is 1. The third-order valence-electron chi connectivity index (χ3n) is 2.89. The molecule has 0 spiro atoms. The number of rotatable bonds is 3. The monoisotopic (exact) mass is 234 g/mol. The molecule has 0 radical (unpaired) electrons. The molecule has 88 valence electrons. The molecule has 5 heteroatoms. The van der Waals surface area contributed by atoms with E-state index in [2.05, 4.69) is 0 Å². The Labute approximate surface area is 97.9 Å². The average Bonchev–Trinajstić information content (AvgIpc) is 2.23. The lowest BCUT2D eigenvalue weighted by Crippen LogP contribution is -2.49. The molecule has 0 atom stereocenters. The van der Waals surface area contributed by atoms with E-state index in [0.717, 1.165) is 5.56 Å². The SMILES string of the molecule is N#Cc1cc(F)ccc1CN1CC(C(=O)O)C1. The molecule has 1 aliphatic heterocycles. The third-order valence-corrected chi connectivity index (χ3v) is 2.89. The van der Waals surface area contributed by atoms with Gasteiger partial charge in [0.25, 0.3) is 0 Å². The minimum Gasteiger partial charge on any atom is -0.481 e. The Morgan fingerprint density at radius 3 is 2.88 bits per heavy atom. The van der Waals surface area contributed by atoms with Gasteiger partial charge in [-0.1, -0.05) is 6.07 Å². The summed E-state index contributed by atoms with van der Waals surface area (Å²) in [4.78, 5) is 12.5. The van der Waals surface area contributed by atoms with Crippen molar-refractivity contribution in [3.8, 4) is 6.07 Å². The van der Waals surface area contributed by atoms with Crippen LogP contribution in [0.4, 0.5) is 4.39 Å². The molecule has 0 aromatic heterocycles. The van der Waals surface area contributed by atoms with Crippen molar-refractivity contribution in [1.82, 2.24) is 4.90 Å². The smallest absolute Gasteiger partial charge is 0.309 e. The Morgan fingerprint density at radius 1 is 1.59 bits per heavy atom. The van der Waals surface area contributed by atoms with Gasteiger partial charge < -0.3 is 5.11 Å². The number of nitriles is 1. The number of halogens is 1. The third kappa shape index (κ3) is 2.43. The molecule has 1 aromatic carbocycles. The summed E-state index contributed by atoms with van der Waals surface area (Å²) in [5.41, 5.74) is 1.04. The number of carbonyl (C=O) groups is 1. The molecule has 0 aliphatic carbocycles. The molecule has 2 rings (SSSR count). The Kier molecular flexibility index (Phi) is 3.07. The van der Waals surface area contributed by atoms with Crippen molar-refractivity contribution in [3.63, 3.8) is 0 Å². The summed E-state index contributed by atoms with van der Waals surface area (Å²) in [6.07, 6.45) is 0. The zero-order valence-corrected chi connectivity index (χ0v) is 9.06. The first-order valence-corrected chi connectivity index (χ1v) is 5.24. The molecule has 0 amide bonds. The number of likely N-dealkylation sites (tertiary alicyclic amines) is 1. The average molecular weight is 234 g/mol. The van der Waals surface area contributed by atoms with Gasteiger partial charge in [-0.15, -0.1) is 0 Å². The Morgan fingerprint density at radius 2 is 2.29 bits per heavy atom. The van der Waals surface area contributed by atoms with Crippen LogP contribution in [0.15, 0.2) is 18.2 Å². The number of benzene rings is 1. The maximum Gasteiger partial charge on any atom is 0.309 e. The first-order chi connectivity index (χ1) is 8.10. The molecule has 1 saturated heterocycles. The van der Waals surface area contributed by atoms with E-state index in [1.807, 2.05) is 11.0 Å². The van der Waals surface area contributed by atoms with Crippen molar-refractivity contribution in [2.75, 3.05) is 13.1 Å². The molecule has 1 N–H and O–H groups in total. The van der Waals surface area contributed by atoms with Gasteiger partial charge in [-0.25, -0.2) is 4.39 Å². The largest absolute Gasteiger partial charge is 0.481 e. The first kappa shape index (κ1) is 11.6. The van der Waals surface area contributed by atoms with Crippen LogP contribution in [0.25, 0.3) is 0 Å². The van der Waals surface area contributed by atoms with Gasteiger partial charge in [-0.3, -0.25) is 9.69 Å². The van der Waals surface area contributed by atoms with E-state index in [1.165, 1.54) is 12.1 Å². The summed E-state index contributed by atoms with van der Waals surface area (Å²) in [6, 6.07) is 6.02. The summed E-state index contributed by atoms with van der Waals surface area (Å²) in [7, 11) is 0. The Bertz CT molecular complexity index is 490. The van der Waals surface area contributed by atoms with Crippen LogP contribution in [0.5, 0.6) is 0 Å². The molecule has 1 aliphatic rings. The number of nitrogens with zero attached hydrogens (tertiary/aromatic N) is 2. The number of hydrogen-bond donors (Lipinski definition) is 1. The van der Waals surface area contributed by atoms with Crippen molar-refractivity contribution in [3.05, 3.63) is 35.1 Å². The molecule has 0 bridgehead atoms. The lowest BCUT2D eigenvalue weighted by molar-refractivity contribution is -0.147. The fourth-order valence-corrected chi connectivity index (χ4v) is 1.89. The van der Waals surface area contributed by atoms with Crippen molar-refractivity contribution >= 4 is 5.97 Å². The summed E-state index contributed by atoms with van der Waals surface area (Å²) in [6.45, 7) is 1.46. The van der Waals surface area contributed by atoms with Crippen LogP contribution in [0.1, 0.15) is 11.1 Å². The van der Waals surface area contributed by atoms with Gasteiger partial charge in [0.15, 0.2) is 0 Å². The van der Waals surface area contributed by atoms with E-state index in [9.17, 15) is 9.18 Å². The molecule has 1 aromatic rings. The topological polar surface area (TPSA) is 64.3 Å². The van der Waals surface area contributed by atoms with Gasteiger partial charge >= 0.3 is 5.97 Å². The van der Waals surface area contributed by atoms with Crippen LogP contribution in [-0.2, 0) is 11.3 Å². The number of hydrogen-bond acceptors (Lipinski definition) is 3. The quantitative estimate of drug-likeness (QED) is 0.853. The molecule has 17 heavy (non-hydrogen) atoms. The Balaban J connectivity index is 2.01. The minimum atomic E-state index is -0.791. The fraction of sp³-hybridized carbons (Fsp3) is 0.333. The maximum absolute atomic E-state index is 12.9. The van der Waals surface area contributed by atoms with Gasteiger partial charge in [-0.05, 0) is 17.7 Å². The van der Waals surface area contributed by atoms with E-state index in [0.29, 0.717) is 25.2 Å².